The number of methoxy groups -OCH3 is 2. The van der Waals surface area contributed by atoms with E-state index in [-0.39, 0.29) is 5.91 Å². The van der Waals surface area contributed by atoms with Crippen molar-refractivity contribution in [1.29, 1.82) is 0 Å². The van der Waals surface area contributed by atoms with Crippen molar-refractivity contribution in [3.63, 3.8) is 0 Å². The number of carboxylic acid groups (broad SMARTS) is 2. The molecular formula is C34H34ClF6N9O9. The Balaban J connectivity index is 0.000000569. The highest BCUT2D eigenvalue weighted by atomic mass is 35.5. The van der Waals surface area contributed by atoms with Crippen LogP contribution in [-0.2, 0) is 28.7 Å². The van der Waals surface area contributed by atoms with E-state index in [1.54, 1.807) is 42.5 Å². The van der Waals surface area contributed by atoms with Crippen molar-refractivity contribution in [2.75, 3.05) is 24.9 Å². The van der Waals surface area contributed by atoms with Gasteiger partial charge < -0.3 is 35.3 Å². The number of carboxylic acids is 2. The lowest BCUT2D eigenvalue weighted by molar-refractivity contribution is -0.193. The van der Waals surface area contributed by atoms with Crippen LogP contribution in [-0.4, -0.2) is 103 Å². The van der Waals surface area contributed by atoms with Gasteiger partial charge in [0.15, 0.2) is 0 Å². The van der Waals surface area contributed by atoms with E-state index in [9.17, 15) is 40.7 Å². The molecule has 1 aliphatic heterocycles. The van der Waals surface area contributed by atoms with Gasteiger partial charge in [0.1, 0.15) is 18.2 Å². The van der Waals surface area contributed by atoms with Gasteiger partial charge in [-0.2, -0.15) is 31.0 Å². The maximum atomic E-state index is 13.2. The van der Waals surface area contributed by atoms with Crippen LogP contribution in [0.4, 0.5) is 42.5 Å². The Hall–Kier alpha value is -6.72. The van der Waals surface area contributed by atoms with E-state index in [0.29, 0.717) is 70.4 Å². The fourth-order valence-corrected chi connectivity index (χ4v) is 5.29. The van der Waals surface area contributed by atoms with Crippen molar-refractivity contribution in [2.45, 2.75) is 57.0 Å². The molecule has 4 aromatic rings. The van der Waals surface area contributed by atoms with Crippen LogP contribution in [0.1, 0.15) is 48.8 Å². The third-order valence-electron chi connectivity index (χ3n) is 7.79. The molecule has 6 N–H and O–H groups in total. The lowest BCUT2D eigenvalue weighted by atomic mass is 10.0. The molecule has 5 rings (SSSR count). The maximum Gasteiger partial charge on any atom is 0.490 e. The molecule has 2 bridgehead atoms. The first-order valence-electron chi connectivity index (χ1n) is 16.7. The molecule has 0 spiro atoms. The number of imidazole rings is 1. The van der Waals surface area contributed by atoms with E-state index in [4.69, 9.17) is 45.9 Å². The number of tetrazole rings is 1. The third-order valence-corrected chi connectivity index (χ3v) is 8.03. The molecule has 0 saturated heterocycles. The number of nitrogens with one attached hydrogen (secondary N) is 4. The minimum atomic E-state index is -5.08. The summed E-state index contributed by atoms with van der Waals surface area (Å²) < 4.78 is 74.8. The summed E-state index contributed by atoms with van der Waals surface area (Å²) in [5.74, 6) is -5.67. The number of benzene rings is 2. The van der Waals surface area contributed by atoms with Gasteiger partial charge >= 0.3 is 36.4 Å². The Kier molecular flexibility index (Phi) is 16.3. The number of hydrogen-bond acceptors (Lipinski definition) is 12. The largest absolute Gasteiger partial charge is 0.490 e. The summed E-state index contributed by atoms with van der Waals surface area (Å²) in [5.41, 5.74) is 4.43. The molecule has 0 unspecified atom stereocenters. The van der Waals surface area contributed by atoms with Crippen LogP contribution >= 0.6 is 11.6 Å². The molecule has 18 nitrogen and oxygen atoms in total. The number of aliphatic carboxylic acids is 2. The van der Waals surface area contributed by atoms with Crippen LogP contribution in [0.3, 0.4) is 0 Å². The lowest BCUT2D eigenvalue weighted by Crippen LogP contribution is -2.31. The molecule has 0 aliphatic carbocycles. The Morgan fingerprint density at radius 2 is 1.59 bits per heavy atom. The van der Waals surface area contributed by atoms with E-state index in [1.165, 1.54) is 31.3 Å². The van der Waals surface area contributed by atoms with Crippen LogP contribution in [0.25, 0.3) is 23.0 Å². The first-order chi connectivity index (χ1) is 27.6. The predicted molar refractivity (Wildman–Crippen MR) is 194 cm³/mol. The SMILES string of the molecule is COC(=O)Nc1ccc2c(c1)N[C@@H](C(=O)OC)CCCC[C@H](NC(=O)/C=C/c1cc(Cl)ccc1-n1cnnn1)c1nc-2c(C)[nH]1.O=C(O)C(F)(F)F.O=C(O)C(F)(F)F. The van der Waals surface area contributed by atoms with E-state index in [1.807, 2.05) is 6.92 Å². The highest BCUT2D eigenvalue weighted by molar-refractivity contribution is 6.30. The highest BCUT2D eigenvalue weighted by Crippen LogP contribution is 2.35. The second kappa shape index (κ2) is 20.6. The zero-order valence-corrected chi connectivity index (χ0v) is 31.6. The van der Waals surface area contributed by atoms with E-state index < -0.39 is 48.4 Å². The van der Waals surface area contributed by atoms with Crippen molar-refractivity contribution in [3.8, 4) is 16.9 Å². The van der Waals surface area contributed by atoms with Gasteiger partial charge in [0, 0.05) is 39.3 Å². The third kappa shape index (κ3) is 14.0. The Bertz CT molecular complexity index is 2120. The minimum Gasteiger partial charge on any atom is -0.475 e. The number of esters is 1. The molecule has 0 radical (unpaired) electrons. The van der Waals surface area contributed by atoms with Crippen molar-refractivity contribution in [1.82, 2.24) is 35.5 Å². The number of ether oxygens (including phenoxy) is 2. The van der Waals surface area contributed by atoms with Crippen molar-refractivity contribution in [3.05, 3.63) is 70.9 Å². The van der Waals surface area contributed by atoms with Gasteiger partial charge in [-0.05, 0) is 72.7 Å². The van der Waals surface area contributed by atoms with E-state index >= 15 is 0 Å². The average molecular weight is 862 g/mol. The quantitative estimate of drug-likeness (QED) is 0.0755. The first-order valence-corrected chi connectivity index (χ1v) is 17.0. The van der Waals surface area contributed by atoms with Crippen LogP contribution < -0.4 is 16.0 Å². The molecule has 318 valence electrons. The van der Waals surface area contributed by atoms with Crippen LogP contribution in [0.5, 0.6) is 0 Å². The summed E-state index contributed by atoms with van der Waals surface area (Å²) >= 11 is 6.22. The van der Waals surface area contributed by atoms with Crippen molar-refractivity contribution >= 4 is 59.0 Å². The normalized spacial score (nSPS) is 15.2. The highest BCUT2D eigenvalue weighted by Gasteiger charge is 2.39. The molecule has 0 saturated carbocycles. The standard InChI is InChI=1S/C30H32ClN9O5.2C2HF3O2/c1-17-27-21-11-10-20(34-30(43)45-3)15-24(21)35-23(29(42)44-2)7-5-4-6-22(28(33-17)37-27)36-26(41)13-8-18-14-19(31)9-12-25(18)40-16-32-38-39-40;2*3-2(4,5)1(6)7/h8-16,22-23,35H,4-7H2,1-3H3,(H,33,37)(H,34,43)(H,36,41);2*(H,6,7)/b13-8+;;/t22-,23+;;/m0../s1. The Morgan fingerprint density at radius 1 is 0.949 bits per heavy atom. The first kappa shape index (κ1) is 46.7. The number of nitrogens with zero attached hydrogens (tertiary/aromatic N) is 5. The van der Waals surface area contributed by atoms with Crippen LogP contribution in [0, 0.1) is 6.92 Å². The van der Waals surface area contributed by atoms with Gasteiger partial charge in [0.2, 0.25) is 5.91 Å². The lowest BCUT2D eigenvalue weighted by Gasteiger charge is -2.22. The number of H-pyrrole nitrogens is 1. The monoisotopic (exact) mass is 861 g/mol. The van der Waals surface area contributed by atoms with Crippen molar-refractivity contribution in [2.24, 2.45) is 0 Å². The number of aromatic nitrogens is 6. The fourth-order valence-electron chi connectivity index (χ4n) is 5.11. The number of hydrogen-bond donors (Lipinski definition) is 6. The number of carbonyl (C=O) groups excluding carboxylic acids is 3. The summed E-state index contributed by atoms with van der Waals surface area (Å²) in [5, 5.41) is 35.1. The fraction of sp³-hybridized carbons (Fsp3) is 0.324. The molecular weight excluding hydrogens is 828 g/mol. The Morgan fingerprint density at radius 3 is 2.17 bits per heavy atom. The molecule has 25 heteroatoms. The molecule has 2 atom stereocenters. The molecule has 59 heavy (non-hydrogen) atoms. The summed E-state index contributed by atoms with van der Waals surface area (Å²) in [6.07, 6.45) is -3.86. The van der Waals surface area contributed by atoms with Gasteiger partial charge in [-0.25, -0.2) is 24.2 Å². The van der Waals surface area contributed by atoms with Crippen LogP contribution in [0.15, 0.2) is 48.8 Å². The zero-order valence-electron chi connectivity index (χ0n) is 30.8. The number of halogens is 7. The second-order valence-electron chi connectivity index (χ2n) is 11.9. The molecule has 1 aliphatic rings. The minimum absolute atomic E-state index is 0.335. The van der Waals surface area contributed by atoms with Gasteiger partial charge in [0.25, 0.3) is 0 Å². The van der Waals surface area contributed by atoms with Gasteiger partial charge in [0.05, 0.1) is 31.6 Å². The molecule has 2 amide bonds. The predicted octanol–water partition coefficient (Wildman–Crippen LogP) is 5.86. The number of amides is 2. The summed E-state index contributed by atoms with van der Waals surface area (Å²) in [6.45, 7) is 1.88. The van der Waals surface area contributed by atoms with Crippen LogP contribution in [0.2, 0.25) is 5.02 Å². The van der Waals surface area contributed by atoms with Gasteiger partial charge in [-0.1, -0.05) is 24.4 Å². The van der Waals surface area contributed by atoms with Crippen molar-refractivity contribution < 1.29 is 70.0 Å². The van der Waals surface area contributed by atoms with E-state index in [0.717, 1.165) is 5.69 Å². The Labute approximate surface area is 333 Å². The number of fused-ring (bicyclic) bond motifs is 4. The number of anilines is 2. The molecule has 2 aromatic heterocycles. The molecule has 0 fully saturated rings. The number of alkyl halides is 6. The van der Waals surface area contributed by atoms with E-state index in [2.05, 4.69) is 36.5 Å². The second-order valence-corrected chi connectivity index (χ2v) is 12.4. The number of rotatable bonds is 6. The zero-order chi connectivity index (χ0) is 44.1. The number of aromatic amines is 1. The number of aryl methyl sites for hydroxylation is 1. The smallest absolute Gasteiger partial charge is 0.475 e. The molecule has 2 aromatic carbocycles. The molecule has 3 heterocycles. The van der Waals surface area contributed by atoms with Gasteiger partial charge in [-0.3, -0.25) is 10.1 Å². The average Bonchev–Trinajstić information content (AvgIpc) is 3.84. The van der Waals surface area contributed by atoms with Gasteiger partial charge in [-0.15, -0.1) is 5.10 Å². The summed E-state index contributed by atoms with van der Waals surface area (Å²) in [6, 6.07) is 9.33. The maximum absolute atomic E-state index is 13.2. The topological polar surface area (TPSA) is 253 Å². The summed E-state index contributed by atoms with van der Waals surface area (Å²) in [7, 11) is 2.62. The number of carbonyl (C=O) groups is 5. The summed E-state index contributed by atoms with van der Waals surface area (Å²) in [4.78, 5) is 63.9.